The molecule has 168 valence electrons. The van der Waals surface area contributed by atoms with Crippen molar-refractivity contribution in [2.75, 3.05) is 20.8 Å². The topological polar surface area (TPSA) is 66.8 Å². The van der Waals surface area contributed by atoms with Crippen LogP contribution in [0.25, 0.3) is 10.9 Å². The Labute approximate surface area is 192 Å². The highest BCUT2D eigenvalue weighted by Crippen LogP contribution is 2.22. The maximum absolute atomic E-state index is 13.4. The molecular formula is C27H25NO5. The quantitative estimate of drug-likeness (QED) is 0.370. The van der Waals surface area contributed by atoms with E-state index in [-0.39, 0.29) is 16.8 Å². The highest BCUT2D eigenvalue weighted by atomic mass is 16.5. The summed E-state index contributed by atoms with van der Waals surface area (Å²) in [6.07, 6.45) is 1.64. The fourth-order valence-corrected chi connectivity index (χ4v) is 3.75. The van der Waals surface area contributed by atoms with Gasteiger partial charge in [0.05, 0.1) is 37.3 Å². The third kappa shape index (κ3) is 4.60. The summed E-state index contributed by atoms with van der Waals surface area (Å²) >= 11 is 0. The van der Waals surface area contributed by atoms with Crippen molar-refractivity contribution in [1.29, 1.82) is 0 Å². The summed E-state index contributed by atoms with van der Waals surface area (Å²) in [5, 5.41) is 0.439. The molecule has 0 aliphatic rings. The SMILES string of the molecule is CCOc1ccc2c(c1)c(=O)c(C(=O)c1ccc(OC)cc1)cn2Cc1ccc(OC)cc1. The fourth-order valence-electron chi connectivity index (χ4n) is 3.75. The Morgan fingerprint density at radius 3 is 2.06 bits per heavy atom. The number of hydrogen-bond acceptors (Lipinski definition) is 5. The maximum atomic E-state index is 13.4. The molecule has 4 aromatic rings. The molecule has 0 N–H and O–H groups in total. The molecule has 0 unspecified atom stereocenters. The second kappa shape index (κ2) is 9.61. The van der Waals surface area contributed by atoms with Gasteiger partial charge in [0.1, 0.15) is 17.2 Å². The van der Waals surface area contributed by atoms with Crippen LogP contribution in [-0.4, -0.2) is 31.2 Å². The van der Waals surface area contributed by atoms with Crippen molar-refractivity contribution in [2.45, 2.75) is 13.5 Å². The van der Waals surface area contributed by atoms with E-state index in [4.69, 9.17) is 14.2 Å². The summed E-state index contributed by atoms with van der Waals surface area (Å²) in [7, 11) is 3.19. The number of rotatable bonds is 8. The standard InChI is InChI=1S/C27H25NO5/c1-4-33-22-13-14-25-23(15-22)27(30)24(26(29)19-7-11-21(32-3)12-8-19)17-28(25)16-18-5-9-20(31-2)10-6-18/h5-15,17H,4,16H2,1-3H3. The Balaban J connectivity index is 1.84. The van der Waals surface area contributed by atoms with Crippen LogP contribution < -0.4 is 19.6 Å². The van der Waals surface area contributed by atoms with Gasteiger partial charge < -0.3 is 18.8 Å². The van der Waals surface area contributed by atoms with Crippen LogP contribution >= 0.6 is 0 Å². The summed E-state index contributed by atoms with van der Waals surface area (Å²) in [6, 6.07) is 19.8. The molecule has 0 amide bonds. The van der Waals surface area contributed by atoms with Gasteiger partial charge in [0, 0.05) is 18.3 Å². The van der Waals surface area contributed by atoms with Gasteiger partial charge in [-0.1, -0.05) is 12.1 Å². The molecule has 0 saturated carbocycles. The van der Waals surface area contributed by atoms with E-state index in [1.54, 1.807) is 50.7 Å². The molecule has 6 heteroatoms. The zero-order valence-corrected chi connectivity index (χ0v) is 18.8. The number of carbonyl (C=O) groups is 1. The predicted octanol–water partition coefficient (Wildman–Crippen LogP) is 4.70. The third-order valence-electron chi connectivity index (χ3n) is 5.47. The van der Waals surface area contributed by atoms with Crippen molar-refractivity contribution in [2.24, 2.45) is 0 Å². The first-order valence-corrected chi connectivity index (χ1v) is 10.7. The molecule has 0 saturated heterocycles. The molecule has 6 nitrogen and oxygen atoms in total. The van der Waals surface area contributed by atoms with Crippen LogP contribution in [0.15, 0.2) is 77.7 Å². The van der Waals surface area contributed by atoms with Gasteiger partial charge in [-0.3, -0.25) is 9.59 Å². The Morgan fingerprint density at radius 2 is 1.45 bits per heavy atom. The molecule has 0 aliphatic heterocycles. The summed E-state index contributed by atoms with van der Waals surface area (Å²) in [5.41, 5.74) is 1.94. The van der Waals surface area contributed by atoms with Gasteiger partial charge in [-0.05, 0) is 67.1 Å². The van der Waals surface area contributed by atoms with Crippen molar-refractivity contribution in [3.8, 4) is 17.2 Å². The van der Waals surface area contributed by atoms with E-state index in [1.807, 2.05) is 47.9 Å². The number of hydrogen-bond donors (Lipinski definition) is 0. The number of fused-ring (bicyclic) bond motifs is 1. The number of aromatic nitrogens is 1. The first-order valence-electron chi connectivity index (χ1n) is 10.7. The number of pyridine rings is 1. The summed E-state index contributed by atoms with van der Waals surface area (Å²) in [4.78, 5) is 26.7. The lowest BCUT2D eigenvalue weighted by Crippen LogP contribution is -2.20. The van der Waals surface area contributed by atoms with Crippen molar-refractivity contribution < 1.29 is 19.0 Å². The largest absolute Gasteiger partial charge is 0.497 e. The smallest absolute Gasteiger partial charge is 0.200 e. The molecule has 1 aromatic heterocycles. The van der Waals surface area contributed by atoms with Crippen molar-refractivity contribution >= 4 is 16.7 Å². The van der Waals surface area contributed by atoms with Gasteiger partial charge in [-0.2, -0.15) is 0 Å². The van der Waals surface area contributed by atoms with Crippen LogP contribution in [0.4, 0.5) is 0 Å². The number of methoxy groups -OCH3 is 2. The molecule has 0 radical (unpaired) electrons. The Kier molecular flexibility index (Phi) is 6.45. The van der Waals surface area contributed by atoms with E-state index in [0.29, 0.717) is 35.6 Å². The van der Waals surface area contributed by atoms with Crippen LogP contribution in [-0.2, 0) is 6.54 Å². The average Bonchev–Trinajstić information content (AvgIpc) is 2.86. The van der Waals surface area contributed by atoms with Gasteiger partial charge in [0.2, 0.25) is 5.43 Å². The van der Waals surface area contributed by atoms with Gasteiger partial charge in [-0.25, -0.2) is 0 Å². The second-order valence-electron chi connectivity index (χ2n) is 7.52. The molecule has 3 aromatic carbocycles. The van der Waals surface area contributed by atoms with Crippen LogP contribution in [0.3, 0.4) is 0 Å². The van der Waals surface area contributed by atoms with Crippen LogP contribution in [0.2, 0.25) is 0 Å². The predicted molar refractivity (Wildman–Crippen MR) is 128 cm³/mol. The molecule has 1 heterocycles. The normalized spacial score (nSPS) is 10.8. The zero-order chi connectivity index (χ0) is 23.4. The lowest BCUT2D eigenvalue weighted by Gasteiger charge is -2.15. The van der Waals surface area contributed by atoms with E-state index in [0.717, 1.165) is 16.8 Å². The number of ether oxygens (including phenoxy) is 3. The van der Waals surface area contributed by atoms with Crippen LogP contribution in [0.5, 0.6) is 17.2 Å². The highest BCUT2D eigenvalue weighted by Gasteiger charge is 2.18. The maximum Gasteiger partial charge on any atom is 0.200 e. The Bertz CT molecular complexity index is 1340. The van der Waals surface area contributed by atoms with E-state index >= 15 is 0 Å². The first kappa shape index (κ1) is 22.1. The monoisotopic (exact) mass is 443 g/mol. The van der Waals surface area contributed by atoms with E-state index in [9.17, 15) is 9.59 Å². The van der Waals surface area contributed by atoms with Crippen molar-refractivity contribution in [3.05, 3.63) is 99.8 Å². The number of carbonyl (C=O) groups excluding carboxylic acids is 1. The molecule has 0 fully saturated rings. The molecule has 0 bridgehead atoms. The minimum atomic E-state index is -0.338. The Hall–Kier alpha value is -4.06. The molecular weight excluding hydrogens is 418 g/mol. The number of ketones is 1. The van der Waals surface area contributed by atoms with Crippen LogP contribution in [0.1, 0.15) is 28.4 Å². The van der Waals surface area contributed by atoms with Crippen molar-refractivity contribution in [3.63, 3.8) is 0 Å². The number of nitrogens with zero attached hydrogens (tertiary/aromatic N) is 1. The van der Waals surface area contributed by atoms with Gasteiger partial charge in [0.25, 0.3) is 0 Å². The first-order chi connectivity index (χ1) is 16.0. The molecule has 0 aliphatic carbocycles. The Morgan fingerprint density at radius 1 is 0.848 bits per heavy atom. The minimum Gasteiger partial charge on any atom is -0.497 e. The van der Waals surface area contributed by atoms with E-state index in [1.165, 1.54) is 0 Å². The van der Waals surface area contributed by atoms with Gasteiger partial charge in [-0.15, -0.1) is 0 Å². The fraction of sp³-hybridized carbons (Fsp3) is 0.185. The van der Waals surface area contributed by atoms with E-state index in [2.05, 4.69) is 0 Å². The minimum absolute atomic E-state index is 0.106. The lowest BCUT2D eigenvalue weighted by molar-refractivity contribution is 0.103. The molecule has 0 atom stereocenters. The highest BCUT2D eigenvalue weighted by molar-refractivity contribution is 6.10. The number of benzene rings is 3. The molecule has 0 spiro atoms. The molecule has 33 heavy (non-hydrogen) atoms. The van der Waals surface area contributed by atoms with Crippen molar-refractivity contribution in [1.82, 2.24) is 4.57 Å². The summed E-state index contributed by atoms with van der Waals surface area (Å²) in [5.74, 6) is 1.66. The second-order valence-corrected chi connectivity index (χ2v) is 7.52. The van der Waals surface area contributed by atoms with Crippen LogP contribution in [0, 0.1) is 0 Å². The van der Waals surface area contributed by atoms with E-state index < -0.39 is 0 Å². The lowest BCUT2D eigenvalue weighted by atomic mass is 10.0. The van der Waals surface area contributed by atoms with Gasteiger partial charge >= 0.3 is 0 Å². The average molecular weight is 443 g/mol. The molecule has 4 rings (SSSR count). The van der Waals surface area contributed by atoms with Gasteiger partial charge in [0.15, 0.2) is 5.78 Å². The third-order valence-corrected chi connectivity index (χ3v) is 5.47. The summed E-state index contributed by atoms with van der Waals surface area (Å²) < 4.78 is 17.9. The summed E-state index contributed by atoms with van der Waals surface area (Å²) in [6.45, 7) is 2.85. The zero-order valence-electron chi connectivity index (χ0n) is 18.8.